The molecular weight excluding hydrogens is 450 g/mol. The number of hydrogen-bond acceptors (Lipinski definition) is 11. The van der Waals surface area contributed by atoms with Crippen LogP contribution in [0.1, 0.15) is 46.6 Å². The van der Waals surface area contributed by atoms with Crippen LogP contribution in [0, 0.1) is 5.92 Å². The Morgan fingerprint density at radius 3 is 2.03 bits per heavy atom. The first-order valence-corrected chi connectivity index (χ1v) is 11.0. The van der Waals surface area contributed by atoms with Gasteiger partial charge in [0.15, 0.2) is 11.5 Å². The highest BCUT2D eigenvalue weighted by molar-refractivity contribution is 5.76. The Balaban J connectivity index is 2.79. The van der Waals surface area contributed by atoms with E-state index in [9.17, 15) is 19.2 Å². The van der Waals surface area contributed by atoms with E-state index in [0.29, 0.717) is 5.56 Å². The summed E-state index contributed by atoms with van der Waals surface area (Å²) in [5.74, 6) is -1.11. The molecule has 0 spiro atoms. The van der Waals surface area contributed by atoms with Gasteiger partial charge in [-0.2, -0.15) is 0 Å². The number of carbonyl (C=O) groups is 4. The van der Waals surface area contributed by atoms with Crippen LogP contribution in [0.25, 0.3) is 0 Å². The maximum atomic E-state index is 12.3. The van der Waals surface area contributed by atoms with E-state index in [-0.39, 0.29) is 56.0 Å². The van der Waals surface area contributed by atoms with Crippen molar-refractivity contribution < 1.29 is 47.6 Å². The van der Waals surface area contributed by atoms with Crippen LogP contribution < -0.4 is 15.2 Å². The third-order valence-electron chi connectivity index (χ3n) is 4.05. The Morgan fingerprint density at radius 2 is 1.47 bits per heavy atom. The average molecular weight is 484 g/mol. The Bertz CT molecular complexity index is 839. The van der Waals surface area contributed by atoms with Gasteiger partial charge in [0, 0.05) is 6.42 Å². The lowest BCUT2D eigenvalue weighted by atomic mass is 10.1. The summed E-state index contributed by atoms with van der Waals surface area (Å²) in [6, 6.07) is 3.24. The normalized spacial score (nSPS) is 12.3. The van der Waals surface area contributed by atoms with Crippen LogP contribution in [0.5, 0.6) is 11.5 Å². The van der Waals surface area contributed by atoms with Crippen LogP contribution >= 0.6 is 0 Å². The summed E-state index contributed by atoms with van der Waals surface area (Å²) in [5, 5.41) is 0. The average Bonchev–Trinajstić information content (AvgIpc) is 2.74. The Kier molecular flexibility index (Phi) is 12.4. The highest BCUT2D eigenvalue weighted by atomic mass is 16.7. The minimum absolute atomic E-state index is 0.0254. The van der Waals surface area contributed by atoms with Crippen molar-refractivity contribution in [1.29, 1.82) is 0 Å². The van der Waals surface area contributed by atoms with Gasteiger partial charge in [0.25, 0.3) is 0 Å². The van der Waals surface area contributed by atoms with Crippen LogP contribution in [0.3, 0.4) is 0 Å². The molecule has 0 saturated heterocycles. The van der Waals surface area contributed by atoms with E-state index in [2.05, 4.69) is 0 Å². The molecule has 0 aliphatic heterocycles. The van der Waals surface area contributed by atoms with Crippen LogP contribution in [-0.2, 0) is 35.0 Å². The minimum atomic E-state index is -1.05. The molecule has 1 aromatic rings. The molecule has 0 heterocycles. The lowest BCUT2D eigenvalue weighted by molar-refractivity contribution is -0.159. The Hall–Kier alpha value is -3.34. The Morgan fingerprint density at radius 1 is 0.882 bits per heavy atom. The number of nitrogens with two attached hydrogens (primary N) is 1. The smallest absolute Gasteiger partial charge is 0.462 e. The van der Waals surface area contributed by atoms with Crippen molar-refractivity contribution in [1.82, 2.24) is 0 Å². The van der Waals surface area contributed by atoms with E-state index in [1.54, 1.807) is 20.8 Å². The van der Waals surface area contributed by atoms with Crippen molar-refractivity contribution in [3.05, 3.63) is 23.8 Å². The highest BCUT2D eigenvalue weighted by Gasteiger charge is 2.22. The number of rotatable bonds is 12. The molecule has 0 saturated carbocycles. The summed E-state index contributed by atoms with van der Waals surface area (Å²) in [4.78, 5) is 47.4. The van der Waals surface area contributed by atoms with E-state index >= 15 is 0 Å². The summed E-state index contributed by atoms with van der Waals surface area (Å²) in [5.41, 5.74) is 6.45. The molecule has 34 heavy (non-hydrogen) atoms. The second kappa shape index (κ2) is 14.7. The summed E-state index contributed by atoms with van der Waals surface area (Å²) in [7, 11) is 0. The van der Waals surface area contributed by atoms with E-state index in [4.69, 9.17) is 34.2 Å². The van der Waals surface area contributed by atoms with Crippen molar-refractivity contribution >= 4 is 24.2 Å². The number of esters is 2. The zero-order chi connectivity index (χ0) is 25.7. The second-order valence-corrected chi connectivity index (χ2v) is 7.69. The summed E-state index contributed by atoms with van der Waals surface area (Å²) < 4.78 is 29.9. The number of hydrogen-bond donors (Lipinski definition) is 1. The van der Waals surface area contributed by atoms with Crippen molar-refractivity contribution in [2.24, 2.45) is 11.7 Å². The molecule has 0 aromatic heterocycles. The van der Waals surface area contributed by atoms with Crippen molar-refractivity contribution in [2.75, 3.05) is 19.8 Å². The molecule has 0 unspecified atom stereocenters. The first kappa shape index (κ1) is 28.7. The zero-order valence-electron chi connectivity index (χ0n) is 20.2. The first-order chi connectivity index (χ1) is 16.0. The topological polar surface area (TPSA) is 150 Å². The van der Waals surface area contributed by atoms with E-state index in [1.807, 2.05) is 13.8 Å². The predicted molar refractivity (Wildman–Crippen MR) is 119 cm³/mol. The lowest BCUT2D eigenvalue weighted by Gasteiger charge is -2.18. The lowest BCUT2D eigenvalue weighted by Crippen LogP contribution is -2.37. The molecular formula is C23H33NO10. The molecule has 2 N–H and O–H groups in total. The monoisotopic (exact) mass is 483 g/mol. The van der Waals surface area contributed by atoms with Gasteiger partial charge in [0.2, 0.25) is 0 Å². The molecule has 1 rings (SSSR count). The maximum absolute atomic E-state index is 12.3. The first-order valence-electron chi connectivity index (χ1n) is 11.0. The van der Waals surface area contributed by atoms with Crippen LogP contribution in [0.2, 0.25) is 0 Å². The molecule has 11 heteroatoms. The van der Waals surface area contributed by atoms with Crippen LogP contribution in [0.15, 0.2) is 18.2 Å². The molecule has 0 bridgehead atoms. The van der Waals surface area contributed by atoms with Gasteiger partial charge in [-0.05, 0) is 50.8 Å². The number of carbonyl (C=O) groups excluding carboxylic acids is 4. The summed E-state index contributed by atoms with van der Waals surface area (Å²) >= 11 is 0. The quantitative estimate of drug-likeness (QED) is 0.265. The van der Waals surface area contributed by atoms with E-state index < -0.39 is 30.4 Å². The van der Waals surface area contributed by atoms with Gasteiger partial charge >= 0.3 is 24.2 Å². The molecule has 0 radical (unpaired) electrons. The van der Waals surface area contributed by atoms with Crippen LogP contribution in [-0.4, -0.2) is 56.2 Å². The van der Waals surface area contributed by atoms with Crippen molar-refractivity contribution in [3.8, 4) is 11.5 Å². The molecule has 190 valence electrons. The maximum Gasteiger partial charge on any atom is 0.513 e. The van der Waals surface area contributed by atoms with Gasteiger partial charge in [-0.1, -0.05) is 19.9 Å². The molecule has 0 fully saturated rings. The van der Waals surface area contributed by atoms with Gasteiger partial charge in [0.05, 0.1) is 13.2 Å². The van der Waals surface area contributed by atoms with E-state index in [1.165, 1.54) is 18.2 Å². The fourth-order valence-corrected chi connectivity index (χ4v) is 2.58. The van der Waals surface area contributed by atoms with E-state index in [0.717, 1.165) is 0 Å². The number of ether oxygens (including phenoxy) is 6. The molecule has 1 aromatic carbocycles. The molecule has 0 aliphatic carbocycles. The number of benzene rings is 1. The Labute approximate surface area is 198 Å². The van der Waals surface area contributed by atoms with Gasteiger partial charge in [-0.25, -0.2) is 9.59 Å². The third-order valence-corrected chi connectivity index (χ3v) is 4.05. The van der Waals surface area contributed by atoms with Gasteiger partial charge in [-0.3, -0.25) is 9.59 Å². The van der Waals surface area contributed by atoms with Crippen molar-refractivity contribution in [2.45, 2.75) is 59.6 Å². The molecule has 0 aliphatic rings. The summed E-state index contributed by atoms with van der Waals surface area (Å²) in [6.07, 6.45) is -2.37. The second-order valence-electron chi connectivity index (χ2n) is 7.69. The molecule has 11 nitrogen and oxygen atoms in total. The highest BCUT2D eigenvalue weighted by Crippen LogP contribution is 2.30. The molecule has 2 atom stereocenters. The predicted octanol–water partition coefficient (Wildman–Crippen LogP) is 3.15. The fraction of sp³-hybridized carbons (Fsp3) is 0.565. The fourth-order valence-electron chi connectivity index (χ4n) is 2.58. The largest absolute Gasteiger partial charge is 0.513 e. The zero-order valence-corrected chi connectivity index (χ0v) is 20.2. The van der Waals surface area contributed by atoms with Crippen LogP contribution in [0.4, 0.5) is 9.59 Å². The molecule has 0 amide bonds. The third kappa shape index (κ3) is 11.0. The van der Waals surface area contributed by atoms with Crippen molar-refractivity contribution in [3.63, 3.8) is 0 Å². The SMILES string of the molecule is CCOC(=O)Oc1ccc(C[C@H](N)C(=O)O[C@@H](C)COC(=O)CC(C)C)cc1OC(=O)OCC. The van der Waals surface area contributed by atoms with Gasteiger partial charge < -0.3 is 34.2 Å². The standard InChI is InChI=1S/C23H33NO10/c1-6-29-22(27)33-18-9-8-16(12-19(18)34-23(28)30-7-2)11-17(24)21(26)32-15(5)13-31-20(25)10-14(3)4/h8-9,12,14-15,17H,6-7,10-11,13,24H2,1-5H3/t15-,17-/m0/s1. The van der Waals surface area contributed by atoms with Gasteiger partial charge in [0.1, 0.15) is 18.8 Å². The van der Waals surface area contributed by atoms with Gasteiger partial charge in [-0.15, -0.1) is 0 Å². The minimum Gasteiger partial charge on any atom is -0.462 e. The summed E-state index contributed by atoms with van der Waals surface area (Å²) in [6.45, 7) is 8.67.